The van der Waals surface area contributed by atoms with Crippen molar-refractivity contribution in [3.63, 3.8) is 0 Å². The van der Waals surface area contributed by atoms with Crippen LogP contribution in [0.5, 0.6) is 0 Å². The highest BCUT2D eigenvalue weighted by Gasteiger charge is 1.91. The van der Waals surface area contributed by atoms with Crippen LogP contribution in [-0.2, 0) is 4.74 Å². The zero-order chi connectivity index (χ0) is 6.41. The molecule has 0 rings (SSSR count). The molecule has 0 spiro atoms. The number of rotatable bonds is 3. The summed E-state index contributed by atoms with van der Waals surface area (Å²) in [6.45, 7) is 7.22. The molecule has 46 valence electrons. The predicted molar refractivity (Wildman–Crippen MR) is 35.3 cm³/mol. The number of methoxy groups -OCH3 is 1. The molecule has 0 aliphatic carbocycles. The summed E-state index contributed by atoms with van der Waals surface area (Å²) in [5.74, 6) is 0. The summed E-state index contributed by atoms with van der Waals surface area (Å²) in [6.07, 6.45) is 4.60. The van der Waals surface area contributed by atoms with Gasteiger partial charge in [-0.25, -0.2) is 0 Å². The second-order valence-electron chi connectivity index (χ2n) is 1.56. The summed E-state index contributed by atoms with van der Waals surface area (Å²) in [5, 5.41) is 0. The summed E-state index contributed by atoms with van der Waals surface area (Å²) in [6, 6.07) is 0. The van der Waals surface area contributed by atoms with Crippen LogP contribution in [0.25, 0.3) is 0 Å². The van der Waals surface area contributed by atoms with Gasteiger partial charge in [-0.2, -0.15) is 0 Å². The standard InChI is InChI=1S/C7H12O/c1-4-5-6-7(2)8-3/h4-5,7H,1-2,6H2,3H3. The lowest BCUT2D eigenvalue weighted by atomic mass is 10.3. The fourth-order valence-corrected chi connectivity index (χ4v) is 0.344. The van der Waals surface area contributed by atoms with E-state index in [9.17, 15) is 0 Å². The molecule has 8 heavy (non-hydrogen) atoms. The van der Waals surface area contributed by atoms with E-state index in [0.29, 0.717) is 0 Å². The highest BCUT2D eigenvalue weighted by atomic mass is 16.5. The first-order chi connectivity index (χ1) is 3.81. The number of hydrogen-bond donors (Lipinski definition) is 0. The molecule has 0 aliphatic heterocycles. The van der Waals surface area contributed by atoms with Crippen molar-refractivity contribution >= 4 is 0 Å². The van der Waals surface area contributed by atoms with Crippen LogP contribution in [-0.4, -0.2) is 13.2 Å². The van der Waals surface area contributed by atoms with Gasteiger partial charge in [0, 0.05) is 7.11 Å². The zero-order valence-corrected chi connectivity index (χ0v) is 5.26. The maximum atomic E-state index is 4.86. The second-order valence-corrected chi connectivity index (χ2v) is 1.56. The van der Waals surface area contributed by atoms with Crippen molar-refractivity contribution in [2.45, 2.75) is 12.5 Å². The fraction of sp³-hybridized carbons (Fsp3) is 0.429. The Hall–Kier alpha value is -0.300. The van der Waals surface area contributed by atoms with E-state index in [1.165, 1.54) is 0 Å². The molecule has 0 aromatic heterocycles. The number of ether oxygens (including phenoxy) is 1. The molecule has 0 fully saturated rings. The smallest absolute Gasteiger partial charge is 0.0606 e. The Labute approximate surface area is 51.4 Å². The molecule has 2 radical (unpaired) electrons. The van der Waals surface area contributed by atoms with Gasteiger partial charge < -0.3 is 4.74 Å². The van der Waals surface area contributed by atoms with E-state index in [1.807, 2.05) is 6.08 Å². The van der Waals surface area contributed by atoms with E-state index in [2.05, 4.69) is 13.8 Å². The summed E-state index contributed by atoms with van der Waals surface area (Å²) >= 11 is 0. The van der Waals surface area contributed by atoms with E-state index in [1.54, 1.807) is 13.2 Å². The van der Waals surface area contributed by atoms with E-state index in [4.69, 9.17) is 4.74 Å². The van der Waals surface area contributed by atoms with E-state index < -0.39 is 0 Å². The molecule has 0 aromatic rings. The summed E-state index contributed by atoms with van der Waals surface area (Å²) < 4.78 is 4.86. The van der Waals surface area contributed by atoms with Gasteiger partial charge >= 0.3 is 0 Å². The van der Waals surface area contributed by atoms with Crippen LogP contribution < -0.4 is 0 Å². The summed E-state index contributed by atoms with van der Waals surface area (Å²) in [7, 11) is 1.65. The van der Waals surface area contributed by atoms with Crippen molar-refractivity contribution in [1.29, 1.82) is 0 Å². The van der Waals surface area contributed by atoms with Crippen molar-refractivity contribution < 1.29 is 4.74 Å². The van der Waals surface area contributed by atoms with Crippen LogP contribution in [0.3, 0.4) is 0 Å². The minimum Gasteiger partial charge on any atom is -0.381 e. The van der Waals surface area contributed by atoms with Crippen molar-refractivity contribution in [1.82, 2.24) is 0 Å². The van der Waals surface area contributed by atoms with Crippen LogP contribution >= 0.6 is 0 Å². The maximum Gasteiger partial charge on any atom is 0.0606 e. The molecular weight excluding hydrogens is 100 g/mol. The van der Waals surface area contributed by atoms with Crippen LogP contribution in [0.4, 0.5) is 0 Å². The molecule has 0 saturated heterocycles. The third kappa shape index (κ3) is 3.88. The summed E-state index contributed by atoms with van der Waals surface area (Å²) in [4.78, 5) is 0. The highest BCUT2D eigenvalue weighted by Crippen LogP contribution is 1.94. The monoisotopic (exact) mass is 112 g/mol. The number of hydrogen-bond acceptors (Lipinski definition) is 1. The molecule has 0 heterocycles. The molecule has 1 nitrogen and oxygen atoms in total. The van der Waals surface area contributed by atoms with E-state index in [0.717, 1.165) is 6.42 Å². The van der Waals surface area contributed by atoms with Gasteiger partial charge in [-0.1, -0.05) is 12.2 Å². The van der Waals surface area contributed by atoms with E-state index in [-0.39, 0.29) is 6.10 Å². The third-order valence-corrected chi connectivity index (χ3v) is 0.899. The molecule has 1 atom stereocenters. The summed E-state index contributed by atoms with van der Waals surface area (Å²) in [5.41, 5.74) is 0. The highest BCUT2D eigenvalue weighted by molar-refractivity contribution is 4.86. The van der Waals surface area contributed by atoms with Gasteiger partial charge in [-0.15, -0.1) is 0 Å². The van der Waals surface area contributed by atoms with Crippen molar-refractivity contribution in [2.75, 3.05) is 7.11 Å². The van der Waals surface area contributed by atoms with Crippen LogP contribution in [0, 0.1) is 13.8 Å². The zero-order valence-electron chi connectivity index (χ0n) is 5.26. The van der Waals surface area contributed by atoms with Crippen LogP contribution in [0.15, 0.2) is 12.2 Å². The third-order valence-electron chi connectivity index (χ3n) is 0.899. The Kier molecular flexibility index (Phi) is 4.67. The first kappa shape index (κ1) is 7.70. The second kappa shape index (κ2) is 4.85. The Bertz CT molecular complexity index is 66.8. The Morgan fingerprint density at radius 2 is 2.38 bits per heavy atom. The first-order valence-corrected chi connectivity index (χ1v) is 2.61. The Morgan fingerprint density at radius 3 is 2.75 bits per heavy atom. The Morgan fingerprint density at radius 1 is 1.75 bits per heavy atom. The van der Waals surface area contributed by atoms with Crippen LogP contribution in [0.2, 0.25) is 0 Å². The van der Waals surface area contributed by atoms with Crippen molar-refractivity contribution in [3.05, 3.63) is 26.0 Å². The van der Waals surface area contributed by atoms with Gasteiger partial charge in [0.05, 0.1) is 6.10 Å². The van der Waals surface area contributed by atoms with E-state index >= 15 is 0 Å². The van der Waals surface area contributed by atoms with Gasteiger partial charge in [0.25, 0.3) is 0 Å². The molecule has 0 amide bonds. The maximum absolute atomic E-state index is 4.86. The van der Waals surface area contributed by atoms with Gasteiger partial charge in [0.1, 0.15) is 0 Å². The van der Waals surface area contributed by atoms with Crippen molar-refractivity contribution in [2.24, 2.45) is 0 Å². The minimum atomic E-state index is 0.0769. The van der Waals surface area contributed by atoms with Crippen LogP contribution in [0.1, 0.15) is 6.42 Å². The lowest BCUT2D eigenvalue weighted by Crippen LogP contribution is -2.01. The minimum absolute atomic E-state index is 0.0769. The number of allylic oxidation sites excluding steroid dienone is 1. The average Bonchev–Trinajstić information content (AvgIpc) is 1.83. The molecule has 1 heteroatoms. The molecular formula is C7H12O. The molecule has 0 aliphatic rings. The predicted octanol–water partition coefficient (Wildman–Crippen LogP) is 1.62. The fourth-order valence-electron chi connectivity index (χ4n) is 0.344. The van der Waals surface area contributed by atoms with Gasteiger partial charge in [0.2, 0.25) is 0 Å². The quantitative estimate of drug-likeness (QED) is 0.539. The molecule has 0 bridgehead atoms. The van der Waals surface area contributed by atoms with Gasteiger partial charge in [-0.05, 0) is 20.3 Å². The molecule has 0 N–H and O–H groups in total. The SMILES string of the molecule is [CH2]C=CCC([CH2])OC. The van der Waals surface area contributed by atoms with Gasteiger partial charge in [0.15, 0.2) is 0 Å². The molecule has 0 saturated carbocycles. The normalized spacial score (nSPS) is 14.9. The topological polar surface area (TPSA) is 9.23 Å². The largest absolute Gasteiger partial charge is 0.381 e. The molecule has 1 unspecified atom stereocenters. The van der Waals surface area contributed by atoms with Gasteiger partial charge in [-0.3, -0.25) is 0 Å². The first-order valence-electron chi connectivity index (χ1n) is 2.61. The lowest BCUT2D eigenvalue weighted by molar-refractivity contribution is 0.141. The van der Waals surface area contributed by atoms with Crippen molar-refractivity contribution in [3.8, 4) is 0 Å². The lowest BCUT2D eigenvalue weighted by Gasteiger charge is -2.02. The Balaban J connectivity index is 3.10. The molecule has 0 aromatic carbocycles. The average molecular weight is 112 g/mol.